The molecular weight excluding hydrogens is 336 g/mol. The average Bonchev–Trinajstić information content (AvgIpc) is 3.38. The quantitative estimate of drug-likeness (QED) is 0.783. The van der Waals surface area contributed by atoms with E-state index in [1.54, 1.807) is 24.8 Å². The topological polar surface area (TPSA) is 67.3 Å². The zero-order chi connectivity index (χ0) is 17.2. The van der Waals surface area contributed by atoms with Crippen molar-refractivity contribution in [1.29, 1.82) is 0 Å². The second-order valence-electron chi connectivity index (χ2n) is 6.78. The number of aromatic nitrogens is 4. The molecule has 2 aromatic heterocycles. The Morgan fingerprint density at radius 3 is 2.56 bits per heavy atom. The van der Waals surface area contributed by atoms with Gasteiger partial charge in [0, 0.05) is 31.2 Å². The van der Waals surface area contributed by atoms with E-state index < -0.39 is 0 Å². The van der Waals surface area contributed by atoms with Gasteiger partial charge in [0.25, 0.3) is 0 Å². The summed E-state index contributed by atoms with van der Waals surface area (Å²) in [5.74, 6) is 1.65. The molecule has 1 saturated carbocycles. The normalized spacial score (nSPS) is 19.1. The minimum Gasteiger partial charge on any atom is -0.481 e. The van der Waals surface area contributed by atoms with E-state index >= 15 is 0 Å². The molecule has 0 N–H and O–H groups in total. The Kier molecular flexibility index (Phi) is 4.80. The lowest BCUT2D eigenvalue weighted by atomic mass is 10.0. The molecule has 4 rings (SSSR count). The summed E-state index contributed by atoms with van der Waals surface area (Å²) in [6.07, 6.45) is 6.44. The summed E-state index contributed by atoms with van der Waals surface area (Å²) in [6.45, 7) is 5.11. The molecule has 2 fully saturated rings. The molecule has 0 atom stereocenters. The van der Waals surface area contributed by atoms with Gasteiger partial charge in [-0.1, -0.05) is 0 Å². The molecule has 2 aliphatic rings. The van der Waals surface area contributed by atoms with Crippen LogP contribution in [-0.2, 0) is 6.54 Å². The van der Waals surface area contributed by atoms with Gasteiger partial charge in [0.1, 0.15) is 22.2 Å². The molecule has 8 heteroatoms. The van der Waals surface area contributed by atoms with Gasteiger partial charge in [0.05, 0.1) is 13.7 Å². The third-order valence-electron chi connectivity index (χ3n) is 4.92. The van der Waals surface area contributed by atoms with Gasteiger partial charge in [-0.05, 0) is 32.6 Å². The largest absolute Gasteiger partial charge is 0.481 e. The van der Waals surface area contributed by atoms with Gasteiger partial charge < -0.3 is 9.64 Å². The number of rotatable bonds is 6. The second-order valence-corrected chi connectivity index (χ2v) is 8.05. The fourth-order valence-electron chi connectivity index (χ4n) is 3.56. The van der Waals surface area contributed by atoms with E-state index in [9.17, 15) is 0 Å². The van der Waals surface area contributed by atoms with Crippen molar-refractivity contribution in [3.63, 3.8) is 0 Å². The van der Waals surface area contributed by atoms with Crippen molar-refractivity contribution in [3.05, 3.63) is 22.4 Å². The number of piperidine rings is 1. The summed E-state index contributed by atoms with van der Waals surface area (Å²) in [5.41, 5.74) is 0. The third kappa shape index (κ3) is 3.90. The lowest BCUT2D eigenvalue weighted by Gasteiger charge is -2.39. The highest BCUT2D eigenvalue weighted by Gasteiger charge is 2.36. The van der Waals surface area contributed by atoms with Crippen molar-refractivity contribution in [3.8, 4) is 5.88 Å². The Balaban J connectivity index is 1.40. The SMILES string of the molecule is COc1cc(N(C2CC2)C2CCN(Cc3nnc(C)s3)CC2)ncn1. The molecular formula is C17H24N6OS. The third-order valence-corrected chi connectivity index (χ3v) is 5.74. The molecule has 0 bridgehead atoms. The fourth-order valence-corrected chi connectivity index (χ4v) is 4.31. The summed E-state index contributed by atoms with van der Waals surface area (Å²) in [7, 11) is 1.65. The van der Waals surface area contributed by atoms with E-state index in [1.807, 2.05) is 13.0 Å². The molecule has 0 unspecified atom stereocenters. The molecule has 1 saturated heterocycles. The van der Waals surface area contributed by atoms with Gasteiger partial charge in [-0.3, -0.25) is 4.90 Å². The Morgan fingerprint density at radius 2 is 1.92 bits per heavy atom. The lowest BCUT2D eigenvalue weighted by molar-refractivity contribution is 0.200. The van der Waals surface area contributed by atoms with Crippen LogP contribution in [0, 0.1) is 6.92 Å². The van der Waals surface area contributed by atoms with Crippen molar-refractivity contribution in [2.45, 2.75) is 51.2 Å². The molecule has 1 aliphatic carbocycles. The number of nitrogens with zero attached hydrogens (tertiary/aromatic N) is 6. The highest BCUT2D eigenvalue weighted by atomic mass is 32.1. The van der Waals surface area contributed by atoms with E-state index in [1.165, 1.54) is 12.8 Å². The number of hydrogen-bond donors (Lipinski definition) is 0. The van der Waals surface area contributed by atoms with Crippen molar-refractivity contribution in [1.82, 2.24) is 25.1 Å². The molecule has 25 heavy (non-hydrogen) atoms. The Labute approximate surface area is 152 Å². The highest BCUT2D eigenvalue weighted by molar-refractivity contribution is 7.11. The smallest absolute Gasteiger partial charge is 0.218 e. The van der Waals surface area contributed by atoms with Crippen LogP contribution in [0.4, 0.5) is 5.82 Å². The first-order valence-electron chi connectivity index (χ1n) is 8.88. The standard InChI is InChI=1S/C17H24N6OS/c1-12-20-21-17(25-12)10-22-7-5-14(6-8-22)23(13-3-4-13)15-9-16(24-2)19-11-18-15/h9,11,13-14H,3-8,10H2,1-2H3. The van der Waals surface area contributed by atoms with Crippen molar-refractivity contribution < 1.29 is 4.74 Å². The molecule has 0 aromatic carbocycles. The Hall–Kier alpha value is -1.80. The summed E-state index contributed by atoms with van der Waals surface area (Å²) in [4.78, 5) is 13.7. The number of methoxy groups -OCH3 is 1. The minimum absolute atomic E-state index is 0.541. The Bertz CT molecular complexity index is 711. The summed E-state index contributed by atoms with van der Waals surface area (Å²) in [5, 5.41) is 10.5. The fraction of sp³-hybridized carbons (Fsp3) is 0.647. The van der Waals surface area contributed by atoms with Crippen LogP contribution in [0.25, 0.3) is 0 Å². The van der Waals surface area contributed by atoms with Crippen LogP contribution >= 0.6 is 11.3 Å². The average molecular weight is 360 g/mol. The van der Waals surface area contributed by atoms with E-state index in [0.717, 1.165) is 48.3 Å². The summed E-state index contributed by atoms with van der Waals surface area (Å²) in [6, 6.07) is 3.14. The van der Waals surface area contributed by atoms with Crippen LogP contribution in [0.15, 0.2) is 12.4 Å². The van der Waals surface area contributed by atoms with E-state index in [4.69, 9.17) is 4.74 Å². The van der Waals surface area contributed by atoms with Crippen LogP contribution < -0.4 is 9.64 Å². The monoisotopic (exact) mass is 360 g/mol. The van der Waals surface area contributed by atoms with Crippen LogP contribution in [0.2, 0.25) is 0 Å². The van der Waals surface area contributed by atoms with Crippen LogP contribution in [0.1, 0.15) is 35.7 Å². The van der Waals surface area contributed by atoms with Crippen LogP contribution in [0.5, 0.6) is 5.88 Å². The van der Waals surface area contributed by atoms with Gasteiger partial charge in [-0.25, -0.2) is 9.97 Å². The molecule has 0 radical (unpaired) electrons. The second kappa shape index (κ2) is 7.21. The summed E-state index contributed by atoms with van der Waals surface area (Å²) >= 11 is 1.70. The zero-order valence-corrected chi connectivity index (χ0v) is 15.6. The maximum Gasteiger partial charge on any atom is 0.218 e. The number of likely N-dealkylation sites (tertiary alicyclic amines) is 1. The Morgan fingerprint density at radius 1 is 1.16 bits per heavy atom. The van der Waals surface area contributed by atoms with Gasteiger partial charge in [-0.15, -0.1) is 21.5 Å². The molecule has 0 spiro atoms. The predicted molar refractivity (Wildman–Crippen MR) is 97.0 cm³/mol. The molecule has 0 amide bonds. The van der Waals surface area contributed by atoms with Crippen LogP contribution in [-0.4, -0.2) is 57.3 Å². The molecule has 1 aliphatic heterocycles. The first-order chi connectivity index (χ1) is 12.2. The number of anilines is 1. The van der Waals surface area contributed by atoms with Crippen molar-refractivity contribution >= 4 is 17.2 Å². The number of aryl methyl sites for hydroxylation is 1. The first kappa shape index (κ1) is 16.7. The maximum atomic E-state index is 5.28. The van der Waals surface area contributed by atoms with Crippen molar-refractivity contribution in [2.75, 3.05) is 25.1 Å². The van der Waals surface area contributed by atoms with Crippen LogP contribution in [0.3, 0.4) is 0 Å². The molecule has 7 nitrogen and oxygen atoms in total. The minimum atomic E-state index is 0.541. The molecule has 3 heterocycles. The van der Waals surface area contributed by atoms with E-state index in [2.05, 4.69) is 30.0 Å². The lowest BCUT2D eigenvalue weighted by Crippen LogP contribution is -2.46. The molecule has 2 aromatic rings. The van der Waals surface area contributed by atoms with Crippen molar-refractivity contribution in [2.24, 2.45) is 0 Å². The van der Waals surface area contributed by atoms with Gasteiger partial charge in [-0.2, -0.15) is 0 Å². The van der Waals surface area contributed by atoms with Gasteiger partial charge in [0.2, 0.25) is 5.88 Å². The number of ether oxygens (including phenoxy) is 1. The summed E-state index contributed by atoms with van der Waals surface area (Å²) < 4.78 is 5.28. The first-order valence-corrected chi connectivity index (χ1v) is 9.70. The van der Waals surface area contributed by atoms with E-state index in [0.29, 0.717) is 18.0 Å². The molecule has 134 valence electrons. The highest BCUT2D eigenvalue weighted by Crippen LogP contribution is 2.36. The zero-order valence-electron chi connectivity index (χ0n) is 14.8. The maximum absolute atomic E-state index is 5.28. The number of hydrogen-bond acceptors (Lipinski definition) is 8. The predicted octanol–water partition coefficient (Wildman–Crippen LogP) is 2.28. The van der Waals surface area contributed by atoms with Gasteiger partial charge in [0.15, 0.2) is 0 Å². The van der Waals surface area contributed by atoms with Gasteiger partial charge >= 0.3 is 0 Å². The van der Waals surface area contributed by atoms with E-state index in [-0.39, 0.29) is 0 Å².